The summed E-state index contributed by atoms with van der Waals surface area (Å²) in [6.07, 6.45) is 6.96. The van der Waals surface area contributed by atoms with E-state index in [1.807, 2.05) is 14.1 Å². The lowest BCUT2D eigenvalue weighted by Crippen LogP contribution is -2.39. The van der Waals surface area contributed by atoms with Gasteiger partial charge < -0.3 is 9.80 Å². The number of piperidine rings is 1. The molecule has 1 saturated heterocycles. The molecule has 1 fully saturated rings. The van der Waals surface area contributed by atoms with E-state index in [1.54, 1.807) is 34.2 Å². The van der Waals surface area contributed by atoms with Crippen LogP contribution in [0.2, 0.25) is 10.0 Å². The Morgan fingerprint density at radius 2 is 2.04 bits per heavy atom. The van der Waals surface area contributed by atoms with Crippen LogP contribution in [0.5, 0.6) is 0 Å². The van der Waals surface area contributed by atoms with Gasteiger partial charge in [0.2, 0.25) is 0 Å². The highest BCUT2D eigenvalue weighted by molar-refractivity contribution is 6.36. The predicted molar refractivity (Wildman–Crippen MR) is 99.4 cm³/mol. The summed E-state index contributed by atoms with van der Waals surface area (Å²) >= 11 is 12.2. The monoisotopic (exact) mass is 381 g/mol. The lowest BCUT2D eigenvalue weighted by atomic mass is 9.96. The quantitative estimate of drug-likeness (QED) is 0.816. The molecule has 3 rings (SSSR count). The van der Waals surface area contributed by atoms with Crippen LogP contribution in [0.25, 0.3) is 0 Å². The fourth-order valence-corrected chi connectivity index (χ4v) is 3.69. The van der Waals surface area contributed by atoms with Crippen LogP contribution in [0, 0.1) is 5.92 Å². The van der Waals surface area contributed by atoms with E-state index in [0.29, 0.717) is 21.5 Å². The van der Waals surface area contributed by atoms with Crippen molar-refractivity contribution in [2.75, 3.05) is 31.6 Å². The minimum Gasteiger partial charge on any atom is -0.355 e. The molecule has 6 nitrogen and oxygen atoms in total. The minimum atomic E-state index is 0.0120. The van der Waals surface area contributed by atoms with Crippen LogP contribution in [0.3, 0.4) is 0 Å². The summed E-state index contributed by atoms with van der Waals surface area (Å²) in [7, 11) is 3.65. The van der Waals surface area contributed by atoms with Gasteiger partial charge in [-0.15, -0.1) is 0 Å². The smallest absolute Gasteiger partial charge is 0.256 e. The summed E-state index contributed by atoms with van der Waals surface area (Å²) in [6, 6.07) is 1.72. The molecular weight excluding hydrogens is 361 g/mol. The highest BCUT2D eigenvalue weighted by Gasteiger charge is 2.24. The van der Waals surface area contributed by atoms with Crippen LogP contribution in [-0.4, -0.2) is 52.3 Å². The Kier molecular flexibility index (Phi) is 5.49. The number of nitrogens with zero attached hydrogens (tertiary/aromatic N) is 5. The summed E-state index contributed by atoms with van der Waals surface area (Å²) in [5.74, 6) is 1.26. The zero-order chi connectivity index (χ0) is 18.0. The van der Waals surface area contributed by atoms with Crippen molar-refractivity contribution in [2.45, 2.75) is 12.8 Å². The number of pyridine rings is 1. The summed E-state index contributed by atoms with van der Waals surface area (Å²) in [5, 5.41) is 5.18. The molecular formula is C17H21Cl2N5O. The first-order valence-corrected chi connectivity index (χ1v) is 8.99. The van der Waals surface area contributed by atoms with E-state index in [4.69, 9.17) is 23.2 Å². The molecule has 0 saturated carbocycles. The van der Waals surface area contributed by atoms with Crippen molar-refractivity contribution in [3.05, 3.63) is 40.3 Å². The molecule has 8 heteroatoms. The molecule has 134 valence electrons. The fourth-order valence-electron chi connectivity index (χ4n) is 3.19. The molecule has 3 heterocycles. The maximum absolute atomic E-state index is 12.4. The van der Waals surface area contributed by atoms with E-state index in [-0.39, 0.29) is 5.91 Å². The molecule has 2 aromatic rings. The third kappa shape index (κ3) is 4.25. The third-order valence-corrected chi connectivity index (χ3v) is 5.02. The number of hydrogen-bond donors (Lipinski definition) is 0. The first-order chi connectivity index (χ1) is 11.9. The summed E-state index contributed by atoms with van der Waals surface area (Å²) in [5.41, 5.74) is 0.625. The zero-order valence-corrected chi connectivity index (χ0v) is 15.8. The Balaban J connectivity index is 1.54. The number of hydrogen-bond acceptors (Lipinski definition) is 4. The number of rotatable bonds is 4. The molecule has 1 amide bonds. The van der Waals surface area contributed by atoms with E-state index >= 15 is 0 Å². The summed E-state index contributed by atoms with van der Waals surface area (Å²) < 4.78 is 1.64. The molecule has 0 bridgehead atoms. The van der Waals surface area contributed by atoms with Crippen LogP contribution in [0.1, 0.15) is 23.2 Å². The molecule has 0 unspecified atom stereocenters. The van der Waals surface area contributed by atoms with Gasteiger partial charge in [0.25, 0.3) is 5.91 Å². The lowest BCUT2D eigenvalue weighted by Gasteiger charge is -2.34. The van der Waals surface area contributed by atoms with Gasteiger partial charge in [-0.05, 0) is 24.8 Å². The van der Waals surface area contributed by atoms with E-state index in [9.17, 15) is 4.79 Å². The van der Waals surface area contributed by atoms with E-state index in [1.165, 1.54) is 0 Å². The average molecular weight is 382 g/mol. The Morgan fingerprint density at radius 1 is 1.32 bits per heavy atom. The van der Waals surface area contributed by atoms with Gasteiger partial charge in [0.15, 0.2) is 0 Å². The molecule has 0 aromatic carbocycles. The Bertz CT molecular complexity index is 755. The number of amides is 1. The third-order valence-electron chi connectivity index (χ3n) is 4.53. The Labute approximate surface area is 157 Å². The van der Waals surface area contributed by atoms with Crippen LogP contribution < -0.4 is 4.90 Å². The number of aromatic nitrogens is 3. The molecule has 0 spiro atoms. The van der Waals surface area contributed by atoms with Gasteiger partial charge in [0, 0.05) is 46.1 Å². The highest BCUT2D eigenvalue weighted by atomic mass is 35.5. The Hall–Kier alpha value is -1.79. The van der Waals surface area contributed by atoms with Gasteiger partial charge in [-0.3, -0.25) is 9.48 Å². The molecule has 1 aliphatic heterocycles. The van der Waals surface area contributed by atoms with Crippen molar-refractivity contribution in [3.63, 3.8) is 0 Å². The largest absolute Gasteiger partial charge is 0.355 e. The van der Waals surface area contributed by atoms with E-state index in [0.717, 1.165) is 38.3 Å². The lowest BCUT2D eigenvalue weighted by molar-refractivity contribution is 0.0765. The normalized spacial score (nSPS) is 15.4. The van der Waals surface area contributed by atoms with Gasteiger partial charge in [-0.25, -0.2) is 4.98 Å². The second-order valence-corrected chi connectivity index (χ2v) is 7.32. The van der Waals surface area contributed by atoms with Gasteiger partial charge in [0.1, 0.15) is 5.82 Å². The topological polar surface area (TPSA) is 54.3 Å². The molecule has 0 aliphatic carbocycles. The first kappa shape index (κ1) is 18.0. The minimum absolute atomic E-state index is 0.0120. The molecule has 0 radical (unpaired) electrons. The average Bonchev–Trinajstić information content (AvgIpc) is 3.01. The zero-order valence-electron chi connectivity index (χ0n) is 14.3. The van der Waals surface area contributed by atoms with Crippen molar-refractivity contribution in [3.8, 4) is 0 Å². The second kappa shape index (κ2) is 7.62. The Morgan fingerprint density at radius 3 is 2.64 bits per heavy atom. The van der Waals surface area contributed by atoms with Gasteiger partial charge in [0.05, 0.1) is 21.8 Å². The number of halogens is 2. The highest BCUT2D eigenvalue weighted by Crippen LogP contribution is 2.29. The SMILES string of the molecule is CN(CC1CCN(c2ncc(Cl)cc2Cl)CC1)C(=O)c1cnn(C)c1. The molecule has 25 heavy (non-hydrogen) atoms. The van der Waals surface area contributed by atoms with Crippen molar-refractivity contribution < 1.29 is 4.79 Å². The molecule has 1 aliphatic rings. The van der Waals surface area contributed by atoms with Crippen LogP contribution in [0.15, 0.2) is 24.7 Å². The van der Waals surface area contributed by atoms with Crippen molar-refractivity contribution in [1.82, 2.24) is 19.7 Å². The van der Waals surface area contributed by atoms with Crippen molar-refractivity contribution in [2.24, 2.45) is 13.0 Å². The van der Waals surface area contributed by atoms with Gasteiger partial charge in [-0.1, -0.05) is 23.2 Å². The molecule has 0 atom stereocenters. The number of anilines is 1. The standard InChI is InChI=1S/C17H21Cl2N5O/c1-22(17(25)13-8-21-23(2)11-13)10-12-3-5-24(6-4-12)16-15(19)7-14(18)9-20-16/h7-9,11-12H,3-6,10H2,1-2H3. The number of carbonyl (C=O) groups is 1. The number of carbonyl (C=O) groups excluding carboxylic acids is 1. The van der Waals surface area contributed by atoms with E-state index < -0.39 is 0 Å². The summed E-state index contributed by atoms with van der Waals surface area (Å²) in [6.45, 7) is 2.48. The fraction of sp³-hybridized carbons (Fsp3) is 0.471. The summed E-state index contributed by atoms with van der Waals surface area (Å²) in [4.78, 5) is 20.7. The first-order valence-electron chi connectivity index (χ1n) is 8.24. The molecule has 0 N–H and O–H groups in total. The second-order valence-electron chi connectivity index (χ2n) is 6.48. The predicted octanol–water partition coefficient (Wildman–Crippen LogP) is 3.11. The van der Waals surface area contributed by atoms with Crippen molar-refractivity contribution >= 4 is 34.9 Å². The van der Waals surface area contributed by atoms with Gasteiger partial charge in [-0.2, -0.15) is 5.10 Å². The molecule has 2 aromatic heterocycles. The van der Waals surface area contributed by atoms with Crippen molar-refractivity contribution in [1.29, 1.82) is 0 Å². The number of aryl methyl sites for hydroxylation is 1. The van der Waals surface area contributed by atoms with Crippen LogP contribution in [0.4, 0.5) is 5.82 Å². The maximum atomic E-state index is 12.4. The van der Waals surface area contributed by atoms with E-state index in [2.05, 4.69) is 15.0 Å². The maximum Gasteiger partial charge on any atom is 0.256 e. The van der Waals surface area contributed by atoms with Crippen LogP contribution >= 0.6 is 23.2 Å². The van der Waals surface area contributed by atoms with Crippen LogP contribution in [-0.2, 0) is 7.05 Å². The van der Waals surface area contributed by atoms with Gasteiger partial charge >= 0.3 is 0 Å².